The molecule has 0 bridgehead atoms. The molecule has 0 spiro atoms. The highest BCUT2D eigenvalue weighted by Gasteiger charge is 2.31. The first-order valence-electron chi connectivity index (χ1n) is 7.47. The lowest BCUT2D eigenvalue weighted by molar-refractivity contribution is -0.385. The van der Waals surface area contributed by atoms with Crippen LogP contribution < -0.4 is 5.73 Å². The molecule has 0 aliphatic heterocycles. The highest BCUT2D eigenvalue weighted by molar-refractivity contribution is 5.40. The van der Waals surface area contributed by atoms with Gasteiger partial charge in [0.15, 0.2) is 0 Å². The molecule has 4 nitrogen and oxygen atoms in total. The van der Waals surface area contributed by atoms with Gasteiger partial charge in [0.2, 0.25) is 0 Å². The van der Waals surface area contributed by atoms with E-state index in [4.69, 9.17) is 5.73 Å². The Labute approximate surface area is 120 Å². The SMILES string of the molecule is CC(C)C1CCC(N)C(Cc2ccccc2[N+](=O)[O-])C1. The summed E-state index contributed by atoms with van der Waals surface area (Å²) in [7, 11) is 0. The number of para-hydroxylation sites is 1. The van der Waals surface area contributed by atoms with Gasteiger partial charge in [0.1, 0.15) is 0 Å². The third-order valence-electron chi connectivity index (χ3n) is 4.70. The van der Waals surface area contributed by atoms with Crippen molar-refractivity contribution >= 4 is 5.69 Å². The van der Waals surface area contributed by atoms with Crippen LogP contribution in [0, 0.1) is 27.9 Å². The Bertz CT molecular complexity index is 473. The van der Waals surface area contributed by atoms with Crippen LogP contribution in [0.5, 0.6) is 0 Å². The molecular weight excluding hydrogens is 252 g/mol. The molecule has 1 aliphatic rings. The van der Waals surface area contributed by atoms with Crippen molar-refractivity contribution in [2.24, 2.45) is 23.5 Å². The molecule has 0 heterocycles. The monoisotopic (exact) mass is 276 g/mol. The average molecular weight is 276 g/mol. The first kappa shape index (κ1) is 15.0. The first-order valence-corrected chi connectivity index (χ1v) is 7.47. The van der Waals surface area contributed by atoms with Crippen LogP contribution >= 0.6 is 0 Å². The Balaban J connectivity index is 2.14. The molecule has 0 amide bonds. The number of nitrogens with zero attached hydrogens (tertiary/aromatic N) is 1. The van der Waals surface area contributed by atoms with Gasteiger partial charge in [-0.2, -0.15) is 0 Å². The molecule has 110 valence electrons. The van der Waals surface area contributed by atoms with E-state index in [0.29, 0.717) is 17.8 Å². The highest BCUT2D eigenvalue weighted by atomic mass is 16.6. The fourth-order valence-corrected chi connectivity index (χ4v) is 3.31. The molecule has 0 saturated heterocycles. The number of benzene rings is 1. The summed E-state index contributed by atoms with van der Waals surface area (Å²) in [5, 5.41) is 11.1. The Hall–Kier alpha value is -1.42. The van der Waals surface area contributed by atoms with E-state index in [-0.39, 0.29) is 16.7 Å². The van der Waals surface area contributed by atoms with Crippen molar-refractivity contribution in [1.29, 1.82) is 0 Å². The van der Waals surface area contributed by atoms with Gasteiger partial charge in [-0.3, -0.25) is 10.1 Å². The van der Waals surface area contributed by atoms with Gasteiger partial charge in [0, 0.05) is 17.7 Å². The zero-order valence-electron chi connectivity index (χ0n) is 12.3. The molecule has 20 heavy (non-hydrogen) atoms. The largest absolute Gasteiger partial charge is 0.327 e. The number of rotatable bonds is 4. The van der Waals surface area contributed by atoms with Crippen LogP contribution in [0.1, 0.15) is 38.7 Å². The molecule has 1 aliphatic carbocycles. The fourth-order valence-electron chi connectivity index (χ4n) is 3.31. The molecule has 0 radical (unpaired) electrons. The zero-order valence-corrected chi connectivity index (χ0v) is 12.3. The molecule has 3 atom stereocenters. The van der Waals surface area contributed by atoms with Crippen LogP contribution in [-0.4, -0.2) is 11.0 Å². The van der Waals surface area contributed by atoms with Gasteiger partial charge in [0.05, 0.1) is 4.92 Å². The topological polar surface area (TPSA) is 69.2 Å². The van der Waals surface area contributed by atoms with Crippen LogP contribution in [-0.2, 0) is 6.42 Å². The van der Waals surface area contributed by atoms with Crippen molar-refractivity contribution in [3.05, 3.63) is 39.9 Å². The summed E-state index contributed by atoms with van der Waals surface area (Å²) in [4.78, 5) is 10.8. The normalized spacial score (nSPS) is 26.7. The average Bonchev–Trinajstić information content (AvgIpc) is 2.41. The molecule has 1 saturated carbocycles. The maximum atomic E-state index is 11.1. The van der Waals surface area contributed by atoms with E-state index in [2.05, 4.69) is 13.8 Å². The summed E-state index contributed by atoms with van der Waals surface area (Å²) in [6.07, 6.45) is 4.03. The van der Waals surface area contributed by atoms with Crippen molar-refractivity contribution in [2.75, 3.05) is 0 Å². The van der Waals surface area contributed by atoms with Crippen molar-refractivity contribution < 1.29 is 4.92 Å². The second kappa shape index (κ2) is 6.35. The zero-order chi connectivity index (χ0) is 14.7. The third kappa shape index (κ3) is 3.37. The van der Waals surface area contributed by atoms with Gasteiger partial charge in [0.25, 0.3) is 5.69 Å². The molecule has 3 unspecified atom stereocenters. The Morgan fingerprint density at radius 3 is 2.70 bits per heavy atom. The lowest BCUT2D eigenvalue weighted by Crippen LogP contribution is -2.38. The van der Waals surface area contributed by atoms with Crippen LogP contribution in [0.3, 0.4) is 0 Å². The molecule has 1 aromatic rings. The molecule has 1 aromatic carbocycles. The standard InChI is InChI=1S/C16H24N2O2/c1-11(2)12-7-8-15(17)14(9-12)10-13-5-3-4-6-16(13)18(19)20/h3-6,11-12,14-15H,7-10,17H2,1-2H3. The quantitative estimate of drug-likeness (QED) is 0.675. The first-order chi connectivity index (χ1) is 9.49. The van der Waals surface area contributed by atoms with E-state index in [1.54, 1.807) is 12.1 Å². The summed E-state index contributed by atoms with van der Waals surface area (Å²) in [6.45, 7) is 4.51. The van der Waals surface area contributed by atoms with E-state index in [0.717, 1.165) is 24.8 Å². The molecule has 2 rings (SSSR count). The molecule has 0 aromatic heterocycles. The minimum Gasteiger partial charge on any atom is -0.327 e. The van der Waals surface area contributed by atoms with Crippen molar-refractivity contribution in [3.63, 3.8) is 0 Å². The van der Waals surface area contributed by atoms with Gasteiger partial charge >= 0.3 is 0 Å². The predicted octanol–water partition coefficient (Wildman–Crippen LogP) is 3.54. The number of hydrogen-bond acceptors (Lipinski definition) is 3. The number of nitro groups is 1. The molecule has 2 N–H and O–H groups in total. The van der Waals surface area contributed by atoms with Crippen LogP contribution in [0.2, 0.25) is 0 Å². The summed E-state index contributed by atoms with van der Waals surface area (Å²) >= 11 is 0. The van der Waals surface area contributed by atoms with Crippen molar-refractivity contribution in [2.45, 2.75) is 45.6 Å². The van der Waals surface area contributed by atoms with E-state index in [1.165, 1.54) is 6.42 Å². The van der Waals surface area contributed by atoms with E-state index in [9.17, 15) is 10.1 Å². The minimum absolute atomic E-state index is 0.171. The molecule has 1 fully saturated rings. The van der Waals surface area contributed by atoms with Gasteiger partial charge in [-0.25, -0.2) is 0 Å². The van der Waals surface area contributed by atoms with Gasteiger partial charge in [-0.15, -0.1) is 0 Å². The van der Waals surface area contributed by atoms with Crippen LogP contribution in [0.4, 0.5) is 5.69 Å². The Morgan fingerprint density at radius 1 is 1.35 bits per heavy atom. The number of nitrogens with two attached hydrogens (primary N) is 1. The fraction of sp³-hybridized carbons (Fsp3) is 0.625. The number of hydrogen-bond donors (Lipinski definition) is 1. The van der Waals surface area contributed by atoms with E-state index >= 15 is 0 Å². The van der Waals surface area contributed by atoms with E-state index < -0.39 is 0 Å². The molecular formula is C16H24N2O2. The highest BCUT2D eigenvalue weighted by Crippen LogP contribution is 2.36. The van der Waals surface area contributed by atoms with Gasteiger partial charge in [-0.05, 0) is 43.4 Å². The smallest absolute Gasteiger partial charge is 0.272 e. The number of nitro benzene ring substituents is 1. The summed E-state index contributed by atoms with van der Waals surface area (Å²) in [6, 6.07) is 7.22. The second-order valence-electron chi connectivity index (χ2n) is 6.33. The lowest BCUT2D eigenvalue weighted by Gasteiger charge is -2.36. The van der Waals surface area contributed by atoms with Crippen molar-refractivity contribution in [1.82, 2.24) is 0 Å². The Morgan fingerprint density at radius 2 is 2.05 bits per heavy atom. The van der Waals surface area contributed by atoms with E-state index in [1.807, 2.05) is 12.1 Å². The maximum Gasteiger partial charge on any atom is 0.272 e. The lowest BCUT2D eigenvalue weighted by atomic mass is 9.72. The van der Waals surface area contributed by atoms with Crippen molar-refractivity contribution in [3.8, 4) is 0 Å². The summed E-state index contributed by atoms with van der Waals surface area (Å²) in [5.41, 5.74) is 7.30. The second-order valence-corrected chi connectivity index (χ2v) is 6.33. The molecule has 4 heteroatoms. The summed E-state index contributed by atoms with van der Waals surface area (Å²) < 4.78 is 0. The predicted molar refractivity (Wildman–Crippen MR) is 80.4 cm³/mol. The summed E-state index contributed by atoms with van der Waals surface area (Å²) in [5.74, 6) is 1.72. The van der Waals surface area contributed by atoms with Gasteiger partial charge < -0.3 is 5.73 Å². The minimum atomic E-state index is -0.288. The Kier molecular flexibility index (Phi) is 4.76. The van der Waals surface area contributed by atoms with Crippen LogP contribution in [0.15, 0.2) is 24.3 Å². The third-order valence-corrected chi connectivity index (χ3v) is 4.70. The van der Waals surface area contributed by atoms with Crippen LogP contribution in [0.25, 0.3) is 0 Å². The maximum absolute atomic E-state index is 11.1. The van der Waals surface area contributed by atoms with Gasteiger partial charge in [-0.1, -0.05) is 32.0 Å².